The minimum atomic E-state index is 0.107. The summed E-state index contributed by atoms with van der Waals surface area (Å²) < 4.78 is 0. The molecule has 1 fully saturated rings. The average molecular weight is 286 g/mol. The van der Waals surface area contributed by atoms with E-state index in [2.05, 4.69) is 48.7 Å². The molecule has 1 aromatic carbocycles. The number of hydrogen-bond acceptors (Lipinski definition) is 3. The quantitative estimate of drug-likeness (QED) is 0.640. The number of rotatable bonds is 5. The van der Waals surface area contributed by atoms with Gasteiger partial charge in [0.15, 0.2) is 0 Å². The molecular weight excluding hydrogens is 264 g/mol. The van der Waals surface area contributed by atoms with Crippen molar-refractivity contribution >= 4 is 11.3 Å². The van der Waals surface area contributed by atoms with Crippen LogP contribution >= 0.6 is 11.3 Å². The number of nitrogens with one attached hydrogen (secondary N) is 1. The summed E-state index contributed by atoms with van der Waals surface area (Å²) in [4.78, 5) is 2.70. The van der Waals surface area contributed by atoms with Crippen molar-refractivity contribution in [2.75, 3.05) is 0 Å². The normalized spacial score (nSPS) is 16.9. The van der Waals surface area contributed by atoms with Gasteiger partial charge >= 0.3 is 0 Å². The SMILES string of the molecule is CCc1ccc(C(NN)c2ccc(C3CCC3)cc2)s1. The lowest BCUT2D eigenvalue weighted by Gasteiger charge is -2.26. The third kappa shape index (κ3) is 2.66. The Balaban J connectivity index is 1.81. The first-order valence-corrected chi connectivity index (χ1v) is 8.28. The second kappa shape index (κ2) is 6.08. The van der Waals surface area contributed by atoms with E-state index in [9.17, 15) is 0 Å². The van der Waals surface area contributed by atoms with E-state index in [1.165, 1.54) is 40.1 Å². The molecule has 1 aromatic heterocycles. The zero-order chi connectivity index (χ0) is 13.9. The fourth-order valence-electron chi connectivity index (χ4n) is 2.78. The van der Waals surface area contributed by atoms with Gasteiger partial charge in [0.2, 0.25) is 0 Å². The van der Waals surface area contributed by atoms with Crippen molar-refractivity contribution in [3.63, 3.8) is 0 Å². The highest BCUT2D eigenvalue weighted by molar-refractivity contribution is 7.12. The van der Waals surface area contributed by atoms with Crippen LogP contribution in [0.1, 0.15) is 59.0 Å². The van der Waals surface area contributed by atoms with E-state index in [0.29, 0.717) is 0 Å². The summed E-state index contributed by atoms with van der Waals surface area (Å²) in [6, 6.07) is 13.5. The van der Waals surface area contributed by atoms with Crippen LogP contribution in [0.4, 0.5) is 0 Å². The second-order valence-electron chi connectivity index (χ2n) is 5.55. The van der Waals surface area contributed by atoms with Crippen LogP contribution < -0.4 is 11.3 Å². The molecule has 20 heavy (non-hydrogen) atoms. The molecule has 1 heterocycles. The maximum absolute atomic E-state index is 5.78. The van der Waals surface area contributed by atoms with E-state index >= 15 is 0 Å². The molecule has 2 nitrogen and oxygen atoms in total. The lowest BCUT2D eigenvalue weighted by atomic mass is 9.80. The smallest absolute Gasteiger partial charge is 0.0802 e. The molecule has 0 spiro atoms. The predicted molar refractivity (Wildman–Crippen MR) is 85.9 cm³/mol. The molecule has 3 N–H and O–H groups in total. The second-order valence-corrected chi connectivity index (χ2v) is 6.75. The first-order chi connectivity index (χ1) is 9.81. The van der Waals surface area contributed by atoms with E-state index in [1.807, 2.05) is 11.3 Å². The van der Waals surface area contributed by atoms with Crippen LogP contribution in [0.15, 0.2) is 36.4 Å². The summed E-state index contributed by atoms with van der Waals surface area (Å²) in [6.07, 6.45) is 5.17. The number of benzene rings is 1. The molecule has 0 aliphatic heterocycles. The van der Waals surface area contributed by atoms with Crippen LogP contribution in [-0.2, 0) is 6.42 Å². The van der Waals surface area contributed by atoms with Gasteiger partial charge in [-0.2, -0.15) is 0 Å². The largest absolute Gasteiger partial charge is 0.271 e. The minimum Gasteiger partial charge on any atom is -0.271 e. The molecular formula is C17H22N2S. The summed E-state index contributed by atoms with van der Waals surface area (Å²) in [5.74, 6) is 6.57. The molecule has 1 aliphatic carbocycles. The van der Waals surface area contributed by atoms with Crippen LogP contribution in [-0.4, -0.2) is 0 Å². The number of aryl methyl sites for hydroxylation is 1. The molecule has 1 atom stereocenters. The third-order valence-corrected chi connectivity index (χ3v) is 5.62. The van der Waals surface area contributed by atoms with Gasteiger partial charge in [-0.3, -0.25) is 5.84 Å². The Hall–Kier alpha value is -1.16. The molecule has 2 aromatic rings. The zero-order valence-electron chi connectivity index (χ0n) is 11.9. The number of hydrogen-bond donors (Lipinski definition) is 2. The van der Waals surface area contributed by atoms with Gasteiger partial charge in [0.25, 0.3) is 0 Å². The highest BCUT2D eigenvalue weighted by Crippen LogP contribution is 2.37. The Morgan fingerprint density at radius 2 is 1.95 bits per heavy atom. The lowest BCUT2D eigenvalue weighted by Crippen LogP contribution is -2.28. The average Bonchev–Trinajstić information content (AvgIpc) is 2.88. The van der Waals surface area contributed by atoms with Crippen molar-refractivity contribution in [3.05, 3.63) is 57.3 Å². The molecule has 3 rings (SSSR count). The summed E-state index contributed by atoms with van der Waals surface area (Å²) >= 11 is 1.84. The molecule has 0 bridgehead atoms. The Bertz CT molecular complexity index is 555. The molecule has 0 radical (unpaired) electrons. The van der Waals surface area contributed by atoms with Gasteiger partial charge in [-0.1, -0.05) is 37.6 Å². The highest BCUT2D eigenvalue weighted by Gasteiger charge is 2.20. The van der Waals surface area contributed by atoms with Crippen LogP contribution in [0.2, 0.25) is 0 Å². The van der Waals surface area contributed by atoms with Gasteiger partial charge in [0.05, 0.1) is 6.04 Å². The maximum atomic E-state index is 5.78. The fourth-order valence-corrected chi connectivity index (χ4v) is 3.83. The first kappa shape index (κ1) is 13.8. The van der Waals surface area contributed by atoms with Crippen molar-refractivity contribution in [1.29, 1.82) is 0 Å². The van der Waals surface area contributed by atoms with Gasteiger partial charge in [-0.15, -0.1) is 11.3 Å². The van der Waals surface area contributed by atoms with Gasteiger partial charge in [-0.05, 0) is 48.4 Å². The van der Waals surface area contributed by atoms with E-state index < -0.39 is 0 Å². The maximum Gasteiger partial charge on any atom is 0.0802 e. The van der Waals surface area contributed by atoms with Crippen molar-refractivity contribution < 1.29 is 0 Å². The van der Waals surface area contributed by atoms with E-state index in [4.69, 9.17) is 5.84 Å². The van der Waals surface area contributed by atoms with E-state index in [1.54, 1.807) is 0 Å². The minimum absolute atomic E-state index is 0.107. The van der Waals surface area contributed by atoms with Crippen LogP contribution in [0.3, 0.4) is 0 Å². The monoisotopic (exact) mass is 286 g/mol. The molecule has 106 valence electrons. The molecule has 0 amide bonds. The lowest BCUT2D eigenvalue weighted by molar-refractivity contribution is 0.419. The Labute approximate surface area is 125 Å². The van der Waals surface area contributed by atoms with Crippen molar-refractivity contribution in [2.45, 2.75) is 44.6 Å². The van der Waals surface area contributed by atoms with Crippen molar-refractivity contribution in [2.24, 2.45) is 5.84 Å². The summed E-state index contributed by atoms with van der Waals surface area (Å²) in [5, 5.41) is 0. The van der Waals surface area contributed by atoms with Crippen LogP contribution in [0.25, 0.3) is 0 Å². The fraction of sp³-hybridized carbons (Fsp3) is 0.412. The van der Waals surface area contributed by atoms with Crippen LogP contribution in [0.5, 0.6) is 0 Å². The number of nitrogens with two attached hydrogens (primary N) is 1. The van der Waals surface area contributed by atoms with Gasteiger partial charge in [0, 0.05) is 9.75 Å². The van der Waals surface area contributed by atoms with E-state index in [-0.39, 0.29) is 6.04 Å². The summed E-state index contributed by atoms with van der Waals surface area (Å²) in [6.45, 7) is 2.19. The standard InChI is InChI=1S/C17H22N2S/c1-2-15-10-11-16(20-15)17(19-18)14-8-6-13(7-9-14)12-4-3-5-12/h6-12,17,19H,2-5,18H2,1H3. The Kier molecular flexibility index (Phi) is 4.20. The molecule has 0 saturated heterocycles. The van der Waals surface area contributed by atoms with Crippen LogP contribution in [0, 0.1) is 0 Å². The zero-order valence-corrected chi connectivity index (χ0v) is 12.7. The molecule has 3 heteroatoms. The molecule has 1 aliphatic rings. The highest BCUT2D eigenvalue weighted by atomic mass is 32.1. The first-order valence-electron chi connectivity index (χ1n) is 7.46. The Morgan fingerprint density at radius 3 is 2.45 bits per heavy atom. The number of hydrazine groups is 1. The predicted octanol–water partition coefficient (Wildman–Crippen LogP) is 4.13. The summed E-state index contributed by atoms with van der Waals surface area (Å²) in [5.41, 5.74) is 5.69. The summed E-state index contributed by atoms with van der Waals surface area (Å²) in [7, 11) is 0. The Morgan fingerprint density at radius 1 is 1.20 bits per heavy atom. The van der Waals surface area contributed by atoms with Gasteiger partial charge < -0.3 is 0 Å². The van der Waals surface area contributed by atoms with Crippen molar-refractivity contribution in [1.82, 2.24) is 5.43 Å². The van der Waals surface area contributed by atoms with Gasteiger partial charge in [-0.25, -0.2) is 5.43 Å². The van der Waals surface area contributed by atoms with Gasteiger partial charge in [0.1, 0.15) is 0 Å². The molecule has 1 unspecified atom stereocenters. The molecule has 1 saturated carbocycles. The number of thiophene rings is 1. The van der Waals surface area contributed by atoms with E-state index in [0.717, 1.165) is 12.3 Å². The topological polar surface area (TPSA) is 38.0 Å². The third-order valence-electron chi connectivity index (χ3n) is 4.33. The van der Waals surface area contributed by atoms with Crippen molar-refractivity contribution in [3.8, 4) is 0 Å².